The van der Waals surface area contributed by atoms with Crippen molar-refractivity contribution in [3.05, 3.63) is 47.8 Å². The Bertz CT molecular complexity index is 696. The smallest absolute Gasteiger partial charge is 0.336 e. The summed E-state index contributed by atoms with van der Waals surface area (Å²) in [5.41, 5.74) is 5.12. The zero-order valence-electron chi connectivity index (χ0n) is 12.7. The fourth-order valence-corrected chi connectivity index (χ4v) is 1.95. The SMILES string of the molecule is CC(CN)N(C)C(=O)c1ccn(-c2cccc(C(F)(F)F)c2)n1. The molecule has 8 heteroatoms. The number of nitrogens with two attached hydrogens (primary N) is 1. The molecule has 0 radical (unpaired) electrons. The third kappa shape index (κ3) is 3.70. The Morgan fingerprint density at radius 1 is 1.39 bits per heavy atom. The van der Waals surface area contributed by atoms with Crippen molar-refractivity contribution in [3.63, 3.8) is 0 Å². The monoisotopic (exact) mass is 326 g/mol. The number of halogens is 3. The Morgan fingerprint density at radius 3 is 2.70 bits per heavy atom. The van der Waals surface area contributed by atoms with Crippen LogP contribution in [0.2, 0.25) is 0 Å². The maximum atomic E-state index is 12.7. The number of likely N-dealkylation sites (N-methyl/N-ethyl adjacent to an activating group) is 1. The molecule has 2 aromatic rings. The van der Waals surface area contributed by atoms with Gasteiger partial charge in [-0.05, 0) is 31.2 Å². The van der Waals surface area contributed by atoms with Gasteiger partial charge in [-0.2, -0.15) is 18.3 Å². The van der Waals surface area contributed by atoms with E-state index in [0.717, 1.165) is 12.1 Å². The molecule has 124 valence electrons. The Morgan fingerprint density at radius 2 is 2.09 bits per heavy atom. The highest BCUT2D eigenvalue weighted by Gasteiger charge is 2.30. The van der Waals surface area contributed by atoms with Gasteiger partial charge in [0, 0.05) is 25.8 Å². The molecule has 0 saturated carbocycles. The molecule has 1 aromatic heterocycles. The number of carbonyl (C=O) groups is 1. The zero-order chi connectivity index (χ0) is 17.2. The van der Waals surface area contributed by atoms with Crippen molar-refractivity contribution >= 4 is 5.91 Å². The minimum Gasteiger partial charge on any atom is -0.336 e. The predicted molar refractivity (Wildman–Crippen MR) is 79.2 cm³/mol. The third-order valence-corrected chi connectivity index (χ3v) is 3.57. The molecule has 1 aromatic carbocycles. The van der Waals surface area contributed by atoms with Crippen molar-refractivity contribution in [1.82, 2.24) is 14.7 Å². The first kappa shape index (κ1) is 17.0. The van der Waals surface area contributed by atoms with Crippen LogP contribution in [0.4, 0.5) is 13.2 Å². The number of benzene rings is 1. The van der Waals surface area contributed by atoms with Crippen molar-refractivity contribution in [2.45, 2.75) is 19.1 Å². The molecule has 0 saturated heterocycles. The molecule has 0 bridgehead atoms. The molecule has 0 aliphatic carbocycles. The molecule has 1 unspecified atom stereocenters. The summed E-state index contributed by atoms with van der Waals surface area (Å²) in [4.78, 5) is 13.7. The number of carbonyl (C=O) groups excluding carboxylic acids is 1. The van der Waals surface area contributed by atoms with Gasteiger partial charge in [-0.15, -0.1) is 0 Å². The molecule has 0 fully saturated rings. The summed E-state index contributed by atoms with van der Waals surface area (Å²) in [5, 5.41) is 4.06. The van der Waals surface area contributed by atoms with Gasteiger partial charge in [0.1, 0.15) is 0 Å². The molecular formula is C15H17F3N4O. The van der Waals surface area contributed by atoms with Gasteiger partial charge in [0.25, 0.3) is 5.91 Å². The van der Waals surface area contributed by atoms with Crippen LogP contribution in [0.15, 0.2) is 36.5 Å². The van der Waals surface area contributed by atoms with E-state index in [-0.39, 0.29) is 23.3 Å². The number of hydrogen-bond acceptors (Lipinski definition) is 3. The van der Waals surface area contributed by atoms with Crippen molar-refractivity contribution in [1.29, 1.82) is 0 Å². The highest BCUT2D eigenvalue weighted by atomic mass is 19.4. The van der Waals surface area contributed by atoms with Gasteiger partial charge < -0.3 is 10.6 Å². The first-order chi connectivity index (χ1) is 10.7. The van der Waals surface area contributed by atoms with Crippen LogP contribution < -0.4 is 5.73 Å². The Labute approximate surface area is 131 Å². The highest BCUT2D eigenvalue weighted by molar-refractivity contribution is 5.92. The number of nitrogens with zero attached hydrogens (tertiary/aromatic N) is 3. The normalized spacial score (nSPS) is 13.0. The number of aromatic nitrogens is 2. The van der Waals surface area contributed by atoms with Gasteiger partial charge in [0.15, 0.2) is 5.69 Å². The number of hydrogen-bond donors (Lipinski definition) is 1. The van der Waals surface area contributed by atoms with Gasteiger partial charge >= 0.3 is 6.18 Å². The van der Waals surface area contributed by atoms with E-state index in [4.69, 9.17) is 5.73 Å². The Balaban J connectivity index is 2.28. The van der Waals surface area contributed by atoms with E-state index < -0.39 is 11.7 Å². The van der Waals surface area contributed by atoms with Gasteiger partial charge in [0.05, 0.1) is 11.3 Å². The van der Waals surface area contributed by atoms with Crippen LogP contribution in [0.5, 0.6) is 0 Å². The maximum Gasteiger partial charge on any atom is 0.416 e. The van der Waals surface area contributed by atoms with E-state index in [1.807, 2.05) is 0 Å². The van der Waals surface area contributed by atoms with E-state index in [1.165, 1.54) is 34.0 Å². The van der Waals surface area contributed by atoms with Crippen LogP contribution in [0.3, 0.4) is 0 Å². The Hall–Kier alpha value is -2.35. The summed E-state index contributed by atoms with van der Waals surface area (Å²) >= 11 is 0. The highest BCUT2D eigenvalue weighted by Crippen LogP contribution is 2.30. The lowest BCUT2D eigenvalue weighted by Crippen LogP contribution is -2.39. The number of amides is 1. The van der Waals surface area contributed by atoms with Gasteiger partial charge in [0.2, 0.25) is 0 Å². The minimum absolute atomic E-state index is 0.144. The summed E-state index contributed by atoms with van der Waals surface area (Å²) in [7, 11) is 1.60. The first-order valence-corrected chi connectivity index (χ1v) is 6.94. The topological polar surface area (TPSA) is 64.2 Å². The molecule has 23 heavy (non-hydrogen) atoms. The lowest BCUT2D eigenvalue weighted by Gasteiger charge is -2.22. The first-order valence-electron chi connectivity index (χ1n) is 6.94. The van der Waals surface area contributed by atoms with Crippen LogP contribution in [-0.2, 0) is 6.18 Å². The van der Waals surface area contributed by atoms with E-state index in [9.17, 15) is 18.0 Å². The lowest BCUT2D eigenvalue weighted by atomic mass is 10.2. The van der Waals surface area contributed by atoms with E-state index in [2.05, 4.69) is 5.10 Å². The second kappa shape index (κ2) is 6.41. The number of rotatable bonds is 4. The summed E-state index contributed by atoms with van der Waals surface area (Å²) in [6.07, 6.45) is -2.98. The summed E-state index contributed by atoms with van der Waals surface area (Å²) in [5.74, 6) is -0.339. The fourth-order valence-electron chi connectivity index (χ4n) is 1.95. The molecule has 2 rings (SSSR count). The average molecular weight is 326 g/mol. The van der Waals surface area contributed by atoms with E-state index in [1.54, 1.807) is 14.0 Å². The van der Waals surface area contributed by atoms with Crippen LogP contribution in [-0.4, -0.2) is 40.2 Å². The molecule has 0 aliphatic rings. The standard InChI is InChI=1S/C15H17F3N4O/c1-10(9-19)21(2)14(23)13-6-7-22(20-13)12-5-3-4-11(8-12)15(16,17)18/h3-8,10H,9,19H2,1-2H3. The van der Waals surface area contributed by atoms with Crippen LogP contribution in [0.1, 0.15) is 23.0 Å². The molecular weight excluding hydrogens is 309 g/mol. The minimum atomic E-state index is -4.43. The van der Waals surface area contributed by atoms with Crippen LogP contribution >= 0.6 is 0 Å². The predicted octanol–water partition coefficient (Wildman–Crippen LogP) is 2.31. The summed E-state index contributed by atoms with van der Waals surface area (Å²) in [6.45, 7) is 2.10. The fraction of sp³-hybridized carbons (Fsp3) is 0.333. The third-order valence-electron chi connectivity index (χ3n) is 3.57. The molecule has 0 aliphatic heterocycles. The van der Waals surface area contributed by atoms with E-state index >= 15 is 0 Å². The average Bonchev–Trinajstić information content (AvgIpc) is 3.02. The summed E-state index contributed by atoms with van der Waals surface area (Å²) in [6, 6.07) is 6.04. The number of alkyl halides is 3. The van der Waals surface area contributed by atoms with Crippen molar-refractivity contribution in [2.24, 2.45) is 5.73 Å². The maximum absolute atomic E-state index is 12.7. The molecule has 1 atom stereocenters. The van der Waals surface area contributed by atoms with E-state index in [0.29, 0.717) is 6.54 Å². The van der Waals surface area contributed by atoms with Crippen molar-refractivity contribution in [2.75, 3.05) is 13.6 Å². The van der Waals surface area contributed by atoms with Crippen LogP contribution in [0.25, 0.3) is 5.69 Å². The molecule has 1 heterocycles. The van der Waals surface area contributed by atoms with Crippen LogP contribution in [0, 0.1) is 0 Å². The summed E-state index contributed by atoms with van der Waals surface area (Å²) < 4.78 is 39.5. The zero-order valence-corrected chi connectivity index (χ0v) is 12.7. The van der Waals surface area contributed by atoms with Crippen molar-refractivity contribution < 1.29 is 18.0 Å². The second-order valence-corrected chi connectivity index (χ2v) is 5.19. The molecule has 0 spiro atoms. The quantitative estimate of drug-likeness (QED) is 0.938. The van der Waals surface area contributed by atoms with Gasteiger partial charge in [-0.3, -0.25) is 4.79 Å². The lowest BCUT2D eigenvalue weighted by molar-refractivity contribution is -0.137. The molecule has 5 nitrogen and oxygen atoms in total. The molecule has 1 amide bonds. The van der Waals surface area contributed by atoms with Crippen molar-refractivity contribution in [3.8, 4) is 5.69 Å². The van der Waals surface area contributed by atoms with Gasteiger partial charge in [-0.1, -0.05) is 6.07 Å². The molecule has 2 N–H and O–H groups in total. The largest absolute Gasteiger partial charge is 0.416 e. The Kier molecular flexibility index (Phi) is 4.74. The van der Waals surface area contributed by atoms with Gasteiger partial charge in [-0.25, -0.2) is 4.68 Å². The second-order valence-electron chi connectivity index (χ2n) is 5.19.